The summed E-state index contributed by atoms with van der Waals surface area (Å²) in [7, 11) is 0. The van der Waals surface area contributed by atoms with Crippen LogP contribution < -0.4 is 10.1 Å². The van der Waals surface area contributed by atoms with Gasteiger partial charge in [0.25, 0.3) is 0 Å². The molecule has 1 amide bonds. The minimum absolute atomic E-state index is 0.0477. The van der Waals surface area contributed by atoms with Crippen LogP contribution >= 0.6 is 27.3 Å². The molecule has 0 saturated heterocycles. The molecule has 0 fully saturated rings. The number of carbonyl (C=O) groups is 1. The quantitative estimate of drug-likeness (QED) is 0.490. The number of rotatable bonds is 7. The van der Waals surface area contributed by atoms with Crippen LogP contribution in [0.4, 0.5) is 5.13 Å². The Bertz CT molecular complexity index is 895. The van der Waals surface area contributed by atoms with Crippen LogP contribution in [0.15, 0.2) is 58.4 Å². The Morgan fingerprint density at radius 1 is 1.23 bits per heavy atom. The third kappa shape index (κ3) is 5.16. The molecule has 0 saturated carbocycles. The Morgan fingerprint density at radius 3 is 2.88 bits per heavy atom. The number of amides is 1. The van der Waals surface area contributed by atoms with Gasteiger partial charge in [0, 0.05) is 21.8 Å². The maximum atomic E-state index is 12.1. The van der Waals surface area contributed by atoms with Crippen molar-refractivity contribution in [2.24, 2.45) is 0 Å². The van der Waals surface area contributed by atoms with Crippen molar-refractivity contribution in [2.45, 2.75) is 19.8 Å². The fourth-order valence-corrected chi connectivity index (χ4v) is 3.56. The van der Waals surface area contributed by atoms with E-state index in [0.717, 1.165) is 27.0 Å². The van der Waals surface area contributed by atoms with Crippen LogP contribution in [0.1, 0.15) is 18.4 Å². The van der Waals surface area contributed by atoms with E-state index in [1.165, 1.54) is 11.3 Å². The van der Waals surface area contributed by atoms with Crippen molar-refractivity contribution >= 4 is 38.3 Å². The highest BCUT2D eigenvalue weighted by Crippen LogP contribution is 2.27. The highest BCUT2D eigenvalue weighted by molar-refractivity contribution is 9.10. The van der Waals surface area contributed by atoms with Crippen LogP contribution in [0.5, 0.6) is 5.75 Å². The molecule has 26 heavy (non-hydrogen) atoms. The van der Waals surface area contributed by atoms with Gasteiger partial charge in [0.05, 0.1) is 12.3 Å². The maximum absolute atomic E-state index is 12.1. The predicted molar refractivity (Wildman–Crippen MR) is 110 cm³/mol. The summed E-state index contributed by atoms with van der Waals surface area (Å²) in [6.07, 6.45) is 1.06. The van der Waals surface area contributed by atoms with Crippen molar-refractivity contribution in [3.63, 3.8) is 0 Å². The average molecular weight is 431 g/mol. The van der Waals surface area contributed by atoms with Crippen molar-refractivity contribution in [3.8, 4) is 17.0 Å². The largest absolute Gasteiger partial charge is 0.493 e. The van der Waals surface area contributed by atoms with E-state index in [2.05, 4.69) is 26.2 Å². The first kappa shape index (κ1) is 18.6. The summed E-state index contributed by atoms with van der Waals surface area (Å²) in [5.41, 5.74) is 2.97. The lowest BCUT2D eigenvalue weighted by molar-refractivity contribution is -0.116. The summed E-state index contributed by atoms with van der Waals surface area (Å²) in [6, 6.07) is 15.8. The third-order valence-corrected chi connectivity index (χ3v) is 5.02. The Labute approximate surface area is 165 Å². The van der Waals surface area contributed by atoms with Crippen LogP contribution in [0.2, 0.25) is 0 Å². The molecule has 134 valence electrons. The Morgan fingerprint density at radius 2 is 2.08 bits per heavy atom. The number of nitrogens with zero attached hydrogens (tertiary/aromatic N) is 1. The molecule has 0 aliphatic carbocycles. The fourth-order valence-electron chi connectivity index (χ4n) is 2.43. The minimum Gasteiger partial charge on any atom is -0.493 e. The molecule has 0 aliphatic heterocycles. The number of thiazole rings is 1. The second-order valence-electron chi connectivity index (χ2n) is 5.81. The molecular formula is C20H19BrN2O2S. The monoisotopic (exact) mass is 430 g/mol. The van der Waals surface area contributed by atoms with Crippen molar-refractivity contribution in [1.29, 1.82) is 0 Å². The molecule has 0 aliphatic rings. The molecule has 0 atom stereocenters. The van der Waals surface area contributed by atoms with Crippen LogP contribution in [-0.2, 0) is 4.79 Å². The van der Waals surface area contributed by atoms with E-state index >= 15 is 0 Å². The molecular weight excluding hydrogens is 412 g/mol. The summed E-state index contributed by atoms with van der Waals surface area (Å²) in [6.45, 7) is 2.52. The summed E-state index contributed by atoms with van der Waals surface area (Å²) in [5.74, 6) is 0.819. The number of hydrogen-bond donors (Lipinski definition) is 1. The van der Waals surface area contributed by atoms with E-state index in [4.69, 9.17) is 4.74 Å². The van der Waals surface area contributed by atoms with Gasteiger partial charge < -0.3 is 10.1 Å². The number of aromatic nitrogens is 1. The standard InChI is InChI=1S/C20H19BrN2O2S/c1-14-6-2-3-9-18(14)25-11-5-10-19(24)23-20-22-17(13-26-20)15-7-4-8-16(21)12-15/h2-4,6-9,12-13H,5,10-11H2,1H3,(H,22,23,24). The number of hydrogen-bond acceptors (Lipinski definition) is 4. The van der Waals surface area contributed by atoms with E-state index in [1.807, 2.05) is 60.8 Å². The van der Waals surface area contributed by atoms with Gasteiger partial charge in [0.1, 0.15) is 5.75 Å². The highest BCUT2D eigenvalue weighted by Gasteiger charge is 2.08. The second kappa shape index (κ2) is 8.96. The molecule has 2 aromatic carbocycles. The predicted octanol–water partition coefficient (Wildman–Crippen LogP) is 5.68. The highest BCUT2D eigenvalue weighted by atomic mass is 79.9. The Balaban J connectivity index is 1.46. The molecule has 0 unspecified atom stereocenters. The van der Waals surface area contributed by atoms with Gasteiger partial charge >= 0.3 is 0 Å². The molecule has 0 radical (unpaired) electrons. The number of halogens is 1. The van der Waals surface area contributed by atoms with E-state index in [-0.39, 0.29) is 5.91 Å². The molecule has 1 N–H and O–H groups in total. The second-order valence-corrected chi connectivity index (χ2v) is 7.59. The van der Waals surface area contributed by atoms with Gasteiger partial charge in [-0.15, -0.1) is 11.3 Å². The lowest BCUT2D eigenvalue weighted by Gasteiger charge is -2.08. The number of aryl methyl sites for hydroxylation is 1. The van der Waals surface area contributed by atoms with E-state index in [1.54, 1.807) is 0 Å². The lowest BCUT2D eigenvalue weighted by atomic mass is 10.2. The normalized spacial score (nSPS) is 10.5. The van der Waals surface area contributed by atoms with Crippen molar-refractivity contribution in [1.82, 2.24) is 4.98 Å². The lowest BCUT2D eigenvalue weighted by Crippen LogP contribution is -2.12. The number of para-hydroxylation sites is 1. The van der Waals surface area contributed by atoms with Gasteiger partial charge in [-0.25, -0.2) is 4.98 Å². The molecule has 4 nitrogen and oxygen atoms in total. The SMILES string of the molecule is Cc1ccccc1OCCCC(=O)Nc1nc(-c2cccc(Br)c2)cs1. The fraction of sp³-hybridized carbons (Fsp3) is 0.200. The van der Waals surface area contributed by atoms with Crippen LogP contribution in [0.3, 0.4) is 0 Å². The number of anilines is 1. The summed E-state index contributed by atoms with van der Waals surface area (Å²) >= 11 is 4.88. The Kier molecular flexibility index (Phi) is 6.41. The number of nitrogens with one attached hydrogen (secondary N) is 1. The van der Waals surface area contributed by atoms with Crippen LogP contribution in [0, 0.1) is 6.92 Å². The molecule has 0 bridgehead atoms. The van der Waals surface area contributed by atoms with Gasteiger partial charge in [-0.3, -0.25) is 4.79 Å². The molecule has 1 heterocycles. The average Bonchev–Trinajstić information content (AvgIpc) is 3.08. The molecule has 1 aromatic heterocycles. The van der Waals surface area contributed by atoms with Gasteiger partial charge in [-0.2, -0.15) is 0 Å². The topological polar surface area (TPSA) is 51.2 Å². The maximum Gasteiger partial charge on any atom is 0.226 e. The smallest absolute Gasteiger partial charge is 0.226 e. The van der Waals surface area contributed by atoms with Crippen molar-refractivity contribution in [2.75, 3.05) is 11.9 Å². The number of carbonyl (C=O) groups excluding carboxylic acids is 1. The van der Waals surface area contributed by atoms with Gasteiger partial charge in [-0.1, -0.05) is 46.3 Å². The first-order valence-corrected chi connectivity index (χ1v) is 9.99. The molecule has 6 heteroatoms. The third-order valence-electron chi connectivity index (χ3n) is 3.77. The first-order chi connectivity index (χ1) is 12.6. The van der Waals surface area contributed by atoms with Crippen molar-refractivity contribution in [3.05, 3.63) is 63.9 Å². The summed E-state index contributed by atoms with van der Waals surface area (Å²) in [5, 5.41) is 5.42. The first-order valence-electron chi connectivity index (χ1n) is 8.31. The zero-order valence-electron chi connectivity index (χ0n) is 14.4. The Hall–Kier alpha value is -2.18. The van der Waals surface area contributed by atoms with E-state index in [9.17, 15) is 4.79 Å². The zero-order valence-corrected chi connectivity index (χ0v) is 16.8. The number of ether oxygens (including phenoxy) is 1. The minimum atomic E-state index is -0.0477. The van der Waals surface area contributed by atoms with Gasteiger partial charge in [0.15, 0.2) is 5.13 Å². The molecule has 0 spiro atoms. The van der Waals surface area contributed by atoms with Crippen molar-refractivity contribution < 1.29 is 9.53 Å². The van der Waals surface area contributed by atoms with E-state index < -0.39 is 0 Å². The van der Waals surface area contributed by atoms with Gasteiger partial charge in [-0.05, 0) is 37.1 Å². The summed E-state index contributed by atoms with van der Waals surface area (Å²) in [4.78, 5) is 16.6. The number of benzene rings is 2. The van der Waals surface area contributed by atoms with Crippen LogP contribution in [0.25, 0.3) is 11.3 Å². The van der Waals surface area contributed by atoms with Gasteiger partial charge in [0.2, 0.25) is 5.91 Å². The summed E-state index contributed by atoms with van der Waals surface area (Å²) < 4.78 is 6.72. The van der Waals surface area contributed by atoms with Crippen LogP contribution in [-0.4, -0.2) is 17.5 Å². The molecule has 3 aromatic rings. The zero-order chi connectivity index (χ0) is 18.4. The molecule has 3 rings (SSSR count). The van der Waals surface area contributed by atoms with E-state index in [0.29, 0.717) is 24.6 Å².